The number of piperidine rings is 2. The molecule has 3 aliphatic rings. The summed E-state index contributed by atoms with van der Waals surface area (Å²) in [6, 6.07) is 1.88. The summed E-state index contributed by atoms with van der Waals surface area (Å²) in [5.74, 6) is 1.25. The van der Waals surface area contributed by atoms with Gasteiger partial charge in [-0.3, -0.25) is 4.79 Å². The van der Waals surface area contributed by atoms with Crippen molar-refractivity contribution in [3.8, 4) is 5.75 Å². The minimum absolute atomic E-state index is 0.0109. The number of benzene rings is 1. The molecule has 0 saturated carbocycles. The number of ether oxygens (including phenoxy) is 2. The molecule has 14 heteroatoms. The van der Waals surface area contributed by atoms with Gasteiger partial charge in [-0.15, -0.1) is 0 Å². The molecule has 2 aromatic rings. The third-order valence-electron chi connectivity index (χ3n) is 8.35. The second-order valence-electron chi connectivity index (χ2n) is 12.8. The average molecular weight is 782 g/mol. The van der Waals surface area contributed by atoms with Gasteiger partial charge in [0.25, 0.3) is 0 Å². The zero-order valence-electron chi connectivity index (χ0n) is 24.7. The van der Waals surface area contributed by atoms with E-state index in [0.717, 1.165) is 12.8 Å². The van der Waals surface area contributed by atoms with Crippen molar-refractivity contribution in [1.29, 1.82) is 0 Å². The fourth-order valence-corrected chi connectivity index (χ4v) is 7.05. The summed E-state index contributed by atoms with van der Waals surface area (Å²) in [6.45, 7) is 9.46. The van der Waals surface area contributed by atoms with Crippen LogP contribution in [-0.2, 0) is 9.53 Å². The lowest BCUT2D eigenvalue weighted by Gasteiger charge is -2.53. The van der Waals surface area contributed by atoms with Gasteiger partial charge in [-0.05, 0) is 91.0 Å². The molecule has 236 valence electrons. The van der Waals surface area contributed by atoms with Crippen molar-refractivity contribution in [3.63, 3.8) is 0 Å². The van der Waals surface area contributed by atoms with E-state index in [1.165, 1.54) is 0 Å². The van der Waals surface area contributed by atoms with Crippen LogP contribution in [0.4, 0.5) is 23.8 Å². The lowest BCUT2D eigenvalue weighted by molar-refractivity contribution is -0.153. The van der Waals surface area contributed by atoms with Crippen molar-refractivity contribution in [2.45, 2.75) is 71.1 Å². The minimum Gasteiger partial charge on any atom is -0.481 e. The second kappa shape index (κ2) is 12.0. The Kier molecular flexibility index (Phi) is 9.02. The predicted octanol–water partition coefficient (Wildman–Crippen LogP) is 6.50. The van der Waals surface area contributed by atoms with Crippen LogP contribution in [0.25, 0.3) is 10.9 Å². The molecule has 0 bridgehead atoms. The van der Waals surface area contributed by atoms with E-state index in [0.29, 0.717) is 82.7 Å². The number of amides is 2. The van der Waals surface area contributed by atoms with Crippen LogP contribution < -0.4 is 9.64 Å². The molecule has 1 spiro atoms. The highest BCUT2D eigenvalue weighted by Gasteiger charge is 2.48. The van der Waals surface area contributed by atoms with E-state index in [1.807, 2.05) is 26.8 Å². The van der Waals surface area contributed by atoms with Crippen molar-refractivity contribution in [1.82, 2.24) is 19.8 Å². The van der Waals surface area contributed by atoms with E-state index in [1.54, 1.807) is 16.7 Å². The smallest absolute Gasteiger partial charge is 0.422 e. The molecule has 0 aliphatic carbocycles. The number of aromatic nitrogens is 2. The topological polar surface area (TPSA) is 88.1 Å². The van der Waals surface area contributed by atoms with E-state index in [9.17, 15) is 22.8 Å². The first kappa shape index (κ1) is 32.3. The molecule has 2 amide bonds. The van der Waals surface area contributed by atoms with Crippen LogP contribution in [0, 0.1) is 8.99 Å². The van der Waals surface area contributed by atoms with Gasteiger partial charge in [-0.1, -0.05) is 0 Å². The number of hydrogen-bond acceptors (Lipinski definition) is 7. The van der Waals surface area contributed by atoms with Crippen LogP contribution in [-0.4, -0.2) is 89.4 Å². The third-order valence-corrected chi connectivity index (χ3v) is 10.7. The summed E-state index contributed by atoms with van der Waals surface area (Å²) in [7, 11) is 0. The molecule has 43 heavy (non-hydrogen) atoms. The quantitative estimate of drug-likeness (QED) is 0.328. The monoisotopic (exact) mass is 781 g/mol. The molecule has 5 rings (SSSR count). The molecule has 0 N–H and O–H groups in total. The number of hydrogen-bond donors (Lipinski definition) is 0. The number of rotatable bonds is 4. The van der Waals surface area contributed by atoms with Crippen molar-refractivity contribution < 1.29 is 32.2 Å². The Hall–Kier alpha value is -2.10. The Bertz CT molecular complexity index is 1400. The zero-order valence-corrected chi connectivity index (χ0v) is 28.4. The molecule has 3 saturated heterocycles. The van der Waals surface area contributed by atoms with Crippen LogP contribution >= 0.6 is 38.5 Å². The molecule has 3 fully saturated rings. The highest BCUT2D eigenvalue weighted by molar-refractivity contribution is 14.1. The zero-order chi connectivity index (χ0) is 31.3. The number of carbonyl (C=O) groups is 2. The Balaban J connectivity index is 1.44. The van der Waals surface area contributed by atoms with Gasteiger partial charge in [0.2, 0.25) is 5.91 Å². The summed E-state index contributed by atoms with van der Waals surface area (Å²) in [5.41, 5.74) is -0.199. The largest absolute Gasteiger partial charge is 0.481 e. The number of alkyl halides is 3. The number of fused-ring (bicyclic) bond motifs is 1. The Labute approximate surface area is 271 Å². The number of anilines is 1. The van der Waals surface area contributed by atoms with Crippen LogP contribution in [0.2, 0.25) is 0 Å². The summed E-state index contributed by atoms with van der Waals surface area (Å²) in [4.78, 5) is 40.0. The third kappa shape index (κ3) is 7.25. The highest BCUT2D eigenvalue weighted by atomic mass is 127. The van der Waals surface area contributed by atoms with Gasteiger partial charge in [0.05, 0.1) is 4.47 Å². The molecule has 0 unspecified atom stereocenters. The van der Waals surface area contributed by atoms with Crippen LogP contribution in [0.3, 0.4) is 0 Å². The first-order chi connectivity index (χ1) is 20.0. The average Bonchev–Trinajstić information content (AvgIpc) is 2.90. The Morgan fingerprint density at radius 2 is 1.70 bits per heavy atom. The molecule has 0 radical (unpaired) electrons. The van der Waals surface area contributed by atoms with Crippen LogP contribution in [0.1, 0.15) is 65.1 Å². The highest BCUT2D eigenvalue weighted by Crippen LogP contribution is 2.45. The molecule has 4 heterocycles. The number of halogens is 5. The lowest BCUT2D eigenvalue weighted by Crippen LogP contribution is -2.62. The number of nitrogens with zero attached hydrogens (tertiary/aromatic N) is 5. The van der Waals surface area contributed by atoms with Gasteiger partial charge in [0.1, 0.15) is 22.8 Å². The molecule has 9 nitrogen and oxygen atoms in total. The fraction of sp³-hybridized carbons (Fsp3) is 0.655. The summed E-state index contributed by atoms with van der Waals surface area (Å²) in [5, 5.41) is 0.634. The van der Waals surface area contributed by atoms with Gasteiger partial charge < -0.3 is 24.2 Å². The maximum Gasteiger partial charge on any atom is 0.422 e. The molecular formula is C29H36BrF3IN5O4. The van der Waals surface area contributed by atoms with E-state index in [2.05, 4.69) is 43.4 Å². The molecule has 1 aromatic carbocycles. The van der Waals surface area contributed by atoms with Gasteiger partial charge in [0.15, 0.2) is 12.4 Å². The standard InChI is InChI=1S/C29H36BrF3IN5O4/c1-17(40)37-9-5-18(6-10-37)24-35-22-19(13-20(34)21(30)23(22)42-16-29(31,32)33)25(36-24)38-11-7-28(8-12-38)14-39(15-28)26(41)43-27(2,3)4/h13,18H,5-12,14-16H2,1-4H3. The summed E-state index contributed by atoms with van der Waals surface area (Å²) in [6.07, 6.45) is -1.79. The van der Waals surface area contributed by atoms with E-state index in [-0.39, 0.29) is 29.1 Å². The molecule has 0 atom stereocenters. The predicted molar refractivity (Wildman–Crippen MR) is 167 cm³/mol. The Morgan fingerprint density at radius 3 is 2.26 bits per heavy atom. The summed E-state index contributed by atoms with van der Waals surface area (Å²) < 4.78 is 51.7. The minimum atomic E-state index is -4.51. The maximum atomic E-state index is 13.2. The lowest BCUT2D eigenvalue weighted by atomic mass is 9.72. The van der Waals surface area contributed by atoms with Crippen molar-refractivity contribution >= 4 is 67.2 Å². The number of carbonyl (C=O) groups excluding carboxylic acids is 2. The van der Waals surface area contributed by atoms with Crippen molar-refractivity contribution in [2.75, 3.05) is 50.8 Å². The van der Waals surface area contributed by atoms with Crippen molar-refractivity contribution in [3.05, 3.63) is 19.9 Å². The SMILES string of the molecule is CC(=O)N1CCC(c2nc(N3CCC4(CC3)CN(C(=O)OC(C)(C)C)C4)c3cc(I)c(Br)c(OCC(F)(F)F)c3n2)CC1. The van der Waals surface area contributed by atoms with Gasteiger partial charge >= 0.3 is 12.3 Å². The van der Waals surface area contributed by atoms with Crippen molar-refractivity contribution in [2.24, 2.45) is 5.41 Å². The fourth-order valence-electron chi connectivity index (χ4n) is 6.07. The maximum absolute atomic E-state index is 13.2. The number of likely N-dealkylation sites (tertiary alicyclic amines) is 2. The second-order valence-corrected chi connectivity index (χ2v) is 14.8. The van der Waals surface area contributed by atoms with Crippen LogP contribution in [0.5, 0.6) is 5.75 Å². The summed E-state index contributed by atoms with van der Waals surface area (Å²) >= 11 is 5.52. The molecular weight excluding hydrogens is 746 g/mol. The van der Waals surface area contributed by atoms with E-state index >= 15 is 0 Å². The normalized spacial score (nSPS) is 19.5. The van der Waals surface area contributed by atoms with Gasteiger partial charge in [0, 0.05) is 66.5 Å². The van der Waals surface area contributed by atoms with Gasteiger partial charge in [-0.2, -0.15) is 13.2 Å². The van der Waals surface area contributed by atoms with Gasteiger partial charge in [-0.25, -0.2) is 14.8 Å². The Morgan fingerprint density at radius 1 is 1.07 bits per heavy atom. The molecule has 1 aromatic heterocycles. The first-order valence-electron chi connectivity index (χ1n) is 14.4. The van der Waals surface area contributed by atoms with E-state index in [4.69, 9.17) is 19.4 Å². The van der Waals surface area contributed by atoms with Crippen LogP contribution in [0.15, 0.2) is 10.5 Å². The van der Waals surface area contributed by atoms with E-state index < -0.39 is 18.4 Å². The molecule has 3 aliphatic heterocycles. The first-order valence-corrected chi connectivity index (χ1v) is 16.3.